The maximum atomic E-state index is 12.2. The summed E-state index contributed by atoms with van der Waals surface area (Å²) < 4.78 is 15.4. The van der Waals surface area contributed by atoms with Gasteiger partial charge in [0.15, 0.2) is 6.10 Å². The van der Waals surface area contributed by atoms with Crippen molar-refractivity contribution in [1.29, 1.82) is 0 Å². The molecule has 0 spiro atoms. The standard InChI is InChI=1S/C19H22N2O6/c1-10(22)26-9-16(27-11(2)23)18-17-13(8-15(21-18)19(24)25-3)12-6-4-5-7-14(12)20-17/h4-7,15-16,18,20-21H,8-9H2,1-3H3. The van der Waals surface area contributed by atoms with Gasteiger partial charge >= 0.3 is 17.9 Å². The summed E-state index contributed by atoms with van der Waals surface area (Å²) in [7, 11) is 1.33. The van der Waals surface area contributed by atoms with Crippen molar-refractivity contribution in [2.75, 3.05) is 13.7 Å². The second-order valence-corrected chi connectivity index (χ2v) is 6.44. The third-order valence-corrected chi connectivity index (χ3v) is 4.57. The average molecular weight is 374 g/mol. The van der Waals surface area contributed by atoms with Gasteiger partial charge in [0.25, 0.3) is 0 Å². The first kappa shape index (κ1) is 18.9. The highest BCUT2D eigenvalue weighted by atomic mass is 16.6. The van der Waals surface area contributed by atoms with Gasteiger partial charge in [0.2, 0.25) is 0 Å². The number of rotatable bonds is 5. The SMILES string of the molecule is COC(=O)C1Cc2c([nH]c3ccccc23)C(C(COC(C)=O)OC(C)=O)N1. The summed E-state index contributed by atoms with van der Waals surface area (Å²) in [5.41, 5.74) is 2.66. The van der Waals surface area contributed by atoms with Crippen LogP contribution in [0.25, 0.3) is 10.9 Å². The first-order valence-corrected chi connectivity index (χ1v) is 8.64. The number of hydrogen-bond acceptors (Lipinski definition) is 7. The first-order chi connectivity index (χ1) is 12.9. The number of hydrogen-bond donors (Lipinski definition) is 2. The number of nitrogens with one attached hydrogen (secondary N) is 2. The summed E-state index contributed by atoms with van der Waals surface area (Å²) in [5.74, 6) is -1.40. The number of carbonyl (C=O) groups excluding carboxylic acids is 3. The molecule has 2 N–H and O–H groups in total. The van der Waals surface area contributed by atoms with E-state index in [-0.39, 0.29) is 6.61 Å². The molecule has 3 rings (SSSR count). The zero-order valence-electron chi connectivity index (χ0n) is 15.4. The lowest BCUT2D eigenvalue weighted by Gasteiger charge is -2.34. The van der Waals surface area contributed by atoms with E-state index in [4.69, 9.17) is 14.2 Å². The zero-order valence-corrected chi connectivity index (χ0v) is 15.4. The topological polar surface area (TPSA) is 107 Å². The van der Waals surface area contributed by atoms with Crippen molar-refractivity contribution < 1.29 is 28.6 Å². The number of carbonyl (C=O) groups is 3. The quantitative estimate of drug-likeness (QED) is 0.602. The Hall–Kier alpha value is -2.87. The number of methoxy groups -OCH3 is 1. The molecule has 0 fully saturated rings. The largest absolute Gasteiger partial charge is 0.468 e. The van der Waals surface area contributed by atoms with Gasteiger partial charge < -0.3 is 19.2 Å². The minimum Gasteiger partial charge on any atom is -0.468 e. The lowest BCUT2D eigenvalue weighted by Crippen LogP contribution is -2.50. The second-order valence-electron chi connectivity index (χ2n) is 6.44. The maximum Gasteiger partial charge on any atom is 0.323 e. The molecule has 0 aliphatic carbocycles. The van der Waals surface area contributed by atoms with Crippen LogP contribution in [0.2, 0.25) is 0 Å². The van der Waals surface area contributed by atoms with Crippen molar-refractivity contribution in [3.8, 4) is 0 Å². The van der Waals surface area contributed by atoms with Crippen molar-refractivity contribution in [1.82, 2.24) is 10.3 Å². The highest BCUT2D eigenvalue weighted by Gasteiger charge is 2.39. The maximum absolute atomic E-state index is 12.2. The average Bonchev–Trinajstić information content (AvgIpc) is 3.02. The third-order valence-electron chi connectivity index (χ3n) is 4.57. The lowest BCUT2D eigenvalue weighted by molar-refractivity contribution is -0.159. The van der Waals surface area contributed by atoms with Crippen molar-refractivity contribution in [2.24, 2.45) is 0 Å². The van der Waals surface area contributed by atoms with Gasteiger partial charge in [0, 0.05) is 36.9 Å². The molecule has 0 saturated heterocycles. The van der Waals surface area contributed by atoms with Crippen LogP contribution in [0.15, 0.2) is 24.3 Å². The molecule has 2 heterocycles. The van der Waals surface area contributed by atoms with E-state index in [1.807, 2.05) is 24.3 Å². The number of esters is 3. The minimum atomic E-state index is -0.800. The van der Waals surface area contributed by atoms with Gasteiger partial charge in [-0.05, 0) is 11.6 Å². The van der Waals surface area contributed by atoms with Gasteiger partial charge in [0.1, 0.15) is 12.6 Å². The summed E-state index contributed by atoms with van der Waals surface area (Å²) in [6.45, 7) is 2.44. The Morgan fingerprint density at radius 2 is 1.93 bits per heavy atom. The molecule has 1 aliphatic heterocycles. The molecule has 1 aromatic heterocycles. The van der Waals surface area contributed by atoms with Crippen molar-refractivity contribution in [3.63, 3.8) is 0 Å². The fourth-order valence-corrected chi connectivity index (χ4v) is 3.47. The number of aromatic nitrogens is 1. The van der Waals surface area contributed by atoms with Crippen molar-refractivity contribution in [2.45, 2.75) is 38.5 Å². The molecule has 144 valence electrons. The first-order valence-electron chi connectivity index (χ1n) is 8.64. The monoisotopic (exact) mass is 374 g/mol. The highest BCUT2D eigenvalue weighted by molar-refractivity contribution is 5.87. The zero-order chi connectivity index (χ0) is 19.6. The van der Waals surface area contributed by atoms with E-state index in [1.54, 1.807) is 0 Å². The molecule has 3 atom stereocenters. The predicted molar refractivity (Wildman–Crippen MR) is 95.9 cm³/mol. The second kappa shape index (κ2) is 7.79. The number of para-hydroxylation sites is 1. The summed E-state index contributed by atoms with van der Waals surface area (Å²) in [4.78, 5) is 38.4. The molecule has 27 heavy (non-hydrogen) atoms. The van der Waals surface area contributed by atoms with Crippen LogP contribution in [0.3, 0.4) is 0 Å². The Morgan fingerprint density at radius 1 is 1.19 bits per heavy atom. The third kappa shape index (κ3) is 3.95. The Balaban J connectivity index is 2.04. The van der Waals surface area contributed by atoms with Gasteiger partial charge in [-0.3, -0.25) is 19.7 Å². The molecule has 8 nitrogen and oxygen atoms in total. The normalized spacial score (nSPS) is 19.8. The number of fused-ring (bicyclic) bond motifs is 3. The van der Waals surface area contributed by atoms with E-state index in [2.05, 4.69) is 10.3 Å². The van der Waals surface area contributed by atoms with Crippen LogP contribution in [-0.4, -0.2) is 48.8 Å². The summed E-state index contributed by atoms with van der Waals surface area (Å²) >= 11 is 0. The van der Waals surface area contributed by atoms with Gasteiger partial charge in [-0.1, -0.05) is 18.2 Å². The molecule has 0 saturated carbocycles. The van der Waals surface area contributed by atoms with E-state index in [0.29, 0.717) is 6.42 Å². The summed E-state index contributed by atoms with van der Waals surface area (Å²) in [5, 5.41) is 4.16. The molecule has 1 aromatic carbocycles. The highest BCUT2D eigenvalue weighted by Crippen LogP contribution is 2.34. The smallest absolute Gasteiger partial charge is 0.323 e. The van der Waals surface area contributed by atoms with Crippen LogP contribution in [0, 0.1) is 0 Å². The predicted octanol–water partition coefficient (Wildman–Crippen LogP) is 1.39. The van der Waals surface area contributed by atoms with E-state index in [9.17, 15) is 14.4 Å². The van der Waals surface area contributed by atoms with E-state index in [1.165, 1.54) is 21.0 Å². The van der Waals surface area contributed by atoms with Crippen LogP contribution >= 0.6 is 0 Å². The number of ether oxygens (including phenoxy) is 3. The Labute approximate surface area is 156 Å². The molecule has 0 radical (unpaired) electrons. The molecule has 1 aliphatic rings. The van der Waals surface area contributed by atoms with Crippen LogP contribution in [0.1, 0.15) is 31.1 Å². The van der Waals surface area contributed by atoms with E-state index in [0.717, 1.165) is 22.2 Å². The molecule has 2 aromatic rings. The molecule has 3 unspecified atom stereocenters. The number of H-pyrrole nitrogens is 1. The van der Waals surface area contributed by atoms with Crippen molar-refractivity contribution >= 4 is 28.8 Å². The molecule has 0 amide bonds. The van der Waals surface area contributed by atoms with Crippen LogP contribution in [0.5, 0.6) is 0 Å². The Morgan fingerprint density at radius 3 is 2.59 bits per heavy atom. The van der Waals surface area contributed by atoms with Crippen molar-refractivity contribution in [3.05, 3.63) is 35.5 Å². The molecule has 8 heteroatoms. The fraction of sp³-hybridized carbons (Fsp3) is 0.421. The fourth-order valence-electron chi connectivity index (χ4n) is 3.47. The molecule has 0 bridgehead atoms. The van der Waals surface area contributed by atoms with E-state index >= 15 is 0 Å². The van der Waals surface area contributed by atoms with Gasteiger partial charge in [-0.25, -0.2) is 0 Å². The molecular formula is C19H22N2O6. The van der Waals surface area contributed by atoms with Crippen LogP contribution in [-0.2, 0) is 35.0 Å². The van der Waals surface area contributed by atoms with Gasteiger partial charge in [-0.2, -0.15) is 0 Å². The number of benzene rings is 1. The van der Waals surface area contributed by atoms with Gasteiger partial charge in [0.05, 0.1) is 13.2 Å². The van der Waals surface area contributed by atoms with Gasteiger partial charge in [-0.15, -0.1) is 0 Å². The Kier molecular flexibility index (Phi) is 5.46. The van der Waals surface area contributed by atoms with E-state index < -0.39 is 36.1 Å². The molecular weight excluding hydrogens is 352 g/mol. The van der Waals surface area contributed by atoms with Crippen LogP contribution in [0.4, 0.5) is 0 Å². The minimum absolute atomic E-state index is 0.130. The lowest BCUT2D eigenvalue weighted by atomic mass is 9.91. The van der Waals surface area contributed by atoms with Crippen LogP contribution < -0.4 is 5.32 Å². The number of aromatic amines is 1. The summed E-state index contributed by atoms with van der Waals surface area (Å²) in [6, 6.07) is 6.56. The summed E-state index contributed by atoms with van der Waals surface area (Å²) in [6.07, 6.45) is -0.367. The Bertz CT molecular complexity index is 874.